The Labute approximate surface area is 141 Å². The third-order valence-corrected chi connectivity index (χ3v) is 3.93. The van der Waals surface area contributed by atoms with E-state index in [1.807, 2.05) is 0 Å². The van der Waals surface area contributed by atoms with Crippen LogP contribution in [0.3, 0.4) is 0 Å². The van der Waals surface area contributed by atoms with Gasteiger partial charge in [0.25, 0.3) is 0 Å². The van der Waals surface area contributed by atoms with Crippen molar-refractivity contribution < 1.29 is 5.11 Å². The van der Waals surface area contributed by atoms with Gasteiger partial charge in [-0.1, -0.05) is 33.1 Å². The predicted octanol–water partition coefficient (Wildman–Crippen LogP) is 2.88. The quantitative estimate of drug-likeness (QED) is 0.352. The molecular weight excluding hydrogens is 365 g/mol. The van der Waals surface area contributed by atoms with Crippen LogP contribution in [0.1, 0.15) is 59.3 Å². The molecule has 1 saturated carbocycles. The average molecular weight is 397 g/mol. The summed E-state index contributed by atoms with van der Waals surface area (Å²) in [6, 6.07) is 0.371. The minimum atomic E-state index is -0.181. The van der Waals surface area contributed by atoms with Crippen molar-refractivity contribution in [3.8, 4) is 0 Å². The molecule has 3 atom stereocenters. The molecule has 0 bridgehead atoms. The first kappa shape index (κ1) is 20.0. The SMILES string of the molecule is CC(C)CCCC(C)NC(N)=NCC1CCCC1O.I. The van der Waals surface area contributed by atoms with Crippen molar-refractivity contribution in [3.63, 3.8) is 0 Å². The van der Waals surface area contributed by atoms with E-state index in [0.29, 0.717) is 24.5 Å². The number of nitrogens with zero attached hydrogens (tertiary/aromatic N) is 1. The van der Waals surface area contributed by atoms with E-state index in [1.54, 1.807) is 0 Å². The highest BCUT2D eigenvalue weighted by atomic mass is 127. The molecule has 5 heteroatoms. The predicted molar refractivity (Wildman–Crippen MR) is 96.5 cm³/mol. The van der Waals surface area contributed by atoms with E-state index < -0.39 is 0 Å². The van der Waals surface area contributed by atoms with E-state index in [2.05, 4.69) is 31.1 Å². The van der Waals surface area contributed by atoms with Crippen molar-refractivity contribution in [3.05, 3.63) is 0 Å². The Morgan fingerprint density at radius 1 is 1.30 bits per heavy atom. The molecule has 20 heavy (non-hydrogen) atoms. The lowest BCUT2D eigenvalue weighted by atomic mass is 10.0. The number of hydrogen-bond donors (Lipinski definition) is 3. The number of rotatable bonds is 7. The molecule has 3 unspecified atom stereocenters. The van der Waals surface area contributed by atoms with Crippen molar-refractivity contribution in [1.82, 2.24) is 5.32 Å². The number of aliphatic hydroxyl groups excluding tert-OH is 1. The molecule has 0 heterocycles. The van der Waals surface area contributed by atoms with Crippen molar-refractivity contribution in [2.24, 2.45) is 22.6 Å². The smallest absolute Gasteiger partial charge is 0.188 e. The van der Waals surface area contributed by atoms with Crippen molar-refractivity contribution in [2.75, 3.05) is 6.54 Å². The zero-order chi connectivity index (χ0) is 14.3. The minimum Gasteiger partial charge on any atom is -0.393 e. The van der Waals surface area contributed by atoms with E-state index in [9.17, 15) is 5.11 Å². The second-order valence-corrected chi connectivity index (χ2v) is 6.35. The molecule has 0 spiro atoms. The van der Waals surface area contributed by atoms with Crippen LogP contribution in [0, 0.1) is 11.8 Å². The number of nitrogens with two attached hydrogens (primary N) is 1. The first-order chi connectivity index (χ1) is 8.99. The van der Waals surface area contributed by atoms with E-state index in [1.165, 1.54) is 12.8 Å². The van der Waals surface area contributed by atoms with Gasteiger partial charge in [-0.2, -0.15) is 0 Å². The van der Waals surface area contributed by atoms with Gasteiger partial charge in [0.1, 0.15) is 0 Å². The van der Waals surface area contributed by atoms with Crippen LogP contribution >= 0.6 is 24.0 Å². The van der Waals surface area contributed by atoms with Gasteiger partial charge in [0.05, 0.1) is 6.10 Å². The lowest BCUT2D eigenvalue weighted by Gasteiger charge is -2.16. The summed E-state index contributed by atoms with van der Waals surface area (Å²) in [4.78, 5) is 4.36. The van der Waals surface area contributed by atoms with Crippen LogP contribution in [0.25, 0.3) is 0 Å². The minimum absolute atomic E-state index is 0. The summed E-state index contributed by atoms with van der Waals surface area (Å²) >= 11 is 0. The fraction of sp³-hybridized carbons (Fsp3) is 0.933. The highest BCUT2D eigenvalue weighted by molar-refractivity contribution is 14.0. The fourth-order valence-corrected chi connectivity index (χ4v) is 2.65. The zero-order valence-electron chi connectivity index (χ0n) is 13.1. The molecule has 0 aliphatic heterocycles. The van der Waals surface area contributed by atoms with E-state index in [0.717, 1.165) is 31.6 Å². The van der Waals surface area contributed by atoms with E-state index in [4.69, 9.17) is 5.73 Å². The Balaban J connectivity index is 0.00000361. The van der Waals surface area contributed by atoms with Crippen LogP contribution in [0.15, 0.2) is 4.99 Å². The van der Waals surface area contributed by atoms with Gasteiger partial charge in [-0.05, 0) is 32.1 Å². The standard InChI is InChI=1S/C15H31N3O.HI/c1-11(2)6-4-7-12(3)18-15(16)17-10-13-8-5-9-14(13)19;/h11-14,19H,4-10H2,1-3H3,(H3,16,17,18);1H. The summed E-state index contributed by atoms with van der Waals surface area (Å²) in [6.07, 6.45) is 6.53. The third kappa shape index (κ3) is 8.29. The maximum atomic E-state index is 9.72. The largest absolute Gasteiger partial charge is 0.393 e. The second kappa shape index (κ2) is 10.7. The van der Waals surface area contributed by atoms with Crippen molar-refractivity contribution in [2.45, 2.75) is 71.4 Å². The summed E-state index contributed by atoms with van der Waals surface area (Å²) in [7, 11) is 0. The Hall–Kier alpha value is -0.0400. The average Bonchev–Trinajstić information content (AvgIpc) is 2.71. The zero-order valence-corrected chi connectivity index (χ0v) is 15.5. The van der Waals surface area contributed by atoms with Gasteiger partial charge in [-0.25, -0.2) is 0 Å². The first-order valence-electron chi connectivity index (χ1n) is 7.73. The highest BCUT2D eigenvalue weighted by Gasteiger charge is 2.24. The summed E-state index contributed by atoms with van der Waals surface area (Å²) < 4.78 is 0. The molecule has 4 nitrogen and oxygen atoms in total. The number of aliphatic imine (C=N–C) groups is 1. The summed E-state index contributed by atoms with van der Waals surface area (Å²) in [5, 5.41) is 13.0. The molecule has 1 aliphatic rings. The molecule has 0 aromatic rings. The third-order valence-electron chi connectivity index (χ3n) is 3.93. The topological polar surface area (TPSA) is 70.6 Å². The Bertz CT molecular complexity index is 284. The van der Waals surface area contributed by atoms with Gasteiger partial charge in [0.15, 0.2) is 5.96 Å². The molecule has 4 N–H and O–H groups in total. The lowest BCUT2D eigenvalue weighted by molar-refractivity contribution is 0.136. The number of guanidine groups is 1. The molecule has 0 aromatic carbocycles. The molecule has 1 aliphatic carbocycles. The molecule has 0 radical (unpaired) electrons. The van der Waals surface area contributed by atoms with Crippen molar-refractivity contribution in [1.29, 1.82) is 0 Å². The van der Waals surface area contributed by atoms with Gasteiger partial charge in [0, 0.05) is 18.5 Å². The Kier molecular flexibility index (Phi) is 10.6. The monoisotopic (exact) mass is 397 g/mol. The van der Waals surface area contributed by atoms with Gasteiger partial charge < -0.3 is 16.2 Å². The van der Waals surface area contributed by atoms with Crippen LogP contribution in [-0.2, 0) is 0 Å². The van der Waals surface area contributed by atoms with Crippen LogP contribution in [0.5, 0.6) is 0 Å². The normalized spacial score (nSPS) is 24.6. The maximum absolute atomic E-state index is 9.72. The van der Waals surface area contributed by atoms with E-state index >= 15 is 0 Å². The van der Waals surface area contributed by atoms with Gasteiger partial charge in [0.2, 0.25) is 0 Å². The number of aliphatic hydroxyl groups is 1. The number of halogens is 1. The van der Waals surface area contributed by atoms with Gasteiger partial charge in [-0.3, -0.25) is 4.99 Å². The molecule has 1 rings (SSSR count). The van der Waals surface area contributed by atoms with Crippen LogP contribution in [-0.4, -0.2) is 29.8 Å². The summed E-state index contributed by atoms with van der Waals surface area (Å²) in [5.74, 6) is 1.59. The van der Waals surface area contributed by atoms with Crippen LogP contribution in [0.4, 0.5) is 0 Å². The van der Waals surface area contributed by atoms with E-state index in [-0.39, 0.29) is 30.1 Å². The number of hydrogen-bond acceptors (Lipinski definition) is 2. The summed E-state index contributed by atoms with van der Waals surface area (Å²) in [6.45, 7) is 7.30. The van der Waals surface area contributed by atoms with Crippen LogP contribution < -0.4 is 11.1 Å². The molecule has 0 saturated heterocycles. The first-order valence-corrected chi connectivity index (χ1v) is 7.73. The van der Waals surface area contributed by atoms with Crippen LogP contribution in [0.2, 0.25) is 0 Å². The Morgan fingerprint density at radius 2 is 2.00 bits per heavy atom. The molecular formula is C15H32IN3O. The maximum Gasteiger partial charge on any atom is 0.188 e. The number of nitrogens with one attached hydrogen (secondary N) is 1. The second-order valence-electron chi connectivity index (χ2n) is 6.35. The molecule has 0 aromatic heterocycles. The highest BCUT2D eigenvalue weighted by Crippen LogP contribution is 2.25. The van der Waals surface area contributed by atoms with Gasteiger partial charge in [-0.15, -0.1) is 24.0 Å². The Morgan fingerprint density at radius 3 is 2.55 bits per heavy atom. The lowest BCUT2D eigenvalue weighted by Crippen LogP contribution is -2.39. The van der Waals surface area contributed by atoms with Crippen molar-refractivity contribution >= 4 is 29.9 Å². The summed E-state index contributed by atoms with van der Waals surface area (Å²) in [5.41, 5.74) is 5.89. The molecule has 1 fully saturated rings. The molecule has 120 valence electrons. The fourth-order valence-electron chi connectivity index (χ4n) is 2.65. The molecule has 0 amide bonds. The van der Waals surface area contributed by atoms with Gasteiger partial charge >= 0.3 is 0 Å².